The summed E-state index contributed by atoms with van der Waals surface area (Å²) in [6.07, 6.45) is 3.36. The van der Waals surface area contributed by atoms with Crippen LogP contribution in [0.25, 0.3) is 0 Å². The first-order valence-electron chi connectivity index (χ1n) is 5.90. The van der Waals surface area contributed by atoms with Gasteiger partial charge in [-0.25, -0.2) is 0 Å². The van der Waals surface area contributed by atoms with Gasteiger partial charge in [0.15, 0.2) is 0 Å². The number of nitrogens with one attached hydrogen (secondary N) is 1. The molecule has 0 aromatic rings. The number of amides is 1. The highest BCUT2D eigenvalue weighted by atomic mass is 16.5. The molecule has 0 spiro atoms. The molecule has 16 heavy (non-hydrogen) atoms. The number of aliphatic hydroxyl groups is 1. The lowest BCUT2D eigenvalue weighted by Gasteiger charge is -2.09. The highest BCUT2D eigenvalue weighted by molar-refractivity contribution is 5.75. The average Bonchev–Trinajstić information content (AvgIpc) is 2.78. The van der Waals surface area contributed by atoms with Crippen molar-refractivity contribution in [2.24, 2.45) is 0 Å². The molecule has 1 aliphatic rings. The quantitative estimate of drug-likeness (QED) is 0.580. The third kappa shape index (κ3) is 6.05. The van der Waals surface area contributed by atoms with E-state index in [9.17, 15) is 4.79 Å². The van der Waals surface area contributed by atoms with Crippen LogP contribution >= 0.6 is 0 Å². The number of aliphatic hydroxyl groups excluding tert-OH is 1. The molecule has 1 saturated heterocycles. The van der Waals surface area contributed by atoms with Gasteiger partial charge in [-0.1, -0.05) is 0 Å². The van der Waals surface area contributed by atoms with Gasteiger partial charge in [0.05, 0.1) is 19.3 Å². The smallest absolute Gasteiger partial charge is 0.222 e. The van der Waals surface area contributed by atoms with Crippen molar-refractivity contribution in [3.63, 3.8) is 0 Å². The summed E-state index contributed by atoms with van der Waals surface area (Å²) in [6, 6.07) is 0. The molecule has 94 valence electrons. The van der Waals surface area contributed by atoms with E-state index in [-0.39, 0.29) is 18.6 Å². The molecule has 5 nitrogen and oxygen atoms in total. The Balaban J connectivity index is 1.87. The van der Waals surface area contributed by atoms with E-state index in [0.29, 0.717) is 32.6 Å². The average molecular weight is 231 g/mol. The second kappa shape index (κ2) is 8.50. The fraction of sp³-hybridized carbons (Fsp3) is 0.909. The second-order valence-electron chi connectivity index (χ2n) is 3.89. The lowest BCUT2D eigenvalue weighted by molar-refractivity contribution is -0.122. The van der Waals surface area contributed by atoms with Gasteiger partial charge in [-0.05, 0) is 19.3 Å². The van der Waals surface area contributed by atoms with Crippen molar-refractivity contribution in [1.82, 2.24) is 5.32 Å². The van der Waals surface area contributed by atoms with Crippen molar-refractivity contribution in [3.8, 4) is 0 Å². The molecule has 0 saturated carbocycles. The lowest BCUT2D eigenvalue weighted by Crippen LogP contribution is -2.26. The summed E-state index contributed by atoms with van der Waals surface area (Å²) in [5.74, 6) is -0.0270. The van der Waals surface area contributed by atoms with Gasteiger partial charge in [0.1, 0.15) is 0 Å². The zero-order valence-corrected chi connectivity index (χ0v) is 9.61. The Hall–Kier alpha value is -0.650. The molecule has 0 radical (unpaired) electrons. The number of carbonyl (C=O) groups excluding carboxylic acids is 1. The van der Waals surface area contributed by atoms with E-state index in [1.807, 2.05) is 0 Å². The minimum atomic E-state index is -0.0270. The van der Waals surface area contributed by atoms with Crippen LogP contribution in [0.3, 0.4) is 0 Å². The summed E-state index contributed by atoms with van der Waals surface area (Å²) in [4.78, 5) is 11.2. The molecule has 1 heterocycles. The fourth-order valence-electron chi connectivity index (χ4n) is 1.55. The molecule has 5 heteroatoms. The van der Waals surface area contributed by atoms with E-state index in [1.54, 1.807) is 0 Å². The molecule has 1 unspecified atom stereocenters. The van der Waals surface area contributed by atoms with Crippen molar-refractivity contribution in [2.45, 2.75) is 31.8 Å². The van der Waals surface area contributed by atoms with Crippen LogP contribution in [0.4, 0.5) is 0 Å². The monoisotopic (exact) mass is 231 g/mol. The molecule has 1 atom stereocenters. The Morgan fingerprint density at radius 3 is 3.12 bits per heavy atom. The van der Waals surface area contributed by atoms with E-state index < -0.39 is 0 Å². The molecule has 0 bridgehead atoms. The maximum Gasteiger partial charge on any atom is 0.222 e. The molecule has 2 N–H and O–H groups in total. The maximum atomic E-state index is 11.2. The number of carbonyl (C=O) groups is 1. The molecule has 1 rings (SSSR count). The standard InChI is InChI=1S/C11H21NO4/c13-6-2-5-12-11(14)4-8-15-9-10-3-1-7-16-10/h10,13H,1-9H2,(H,12,14). The minimum absolute atomic E-state index is 0.0270. The van der Waals surface area contributed by atoms with Crippen LogP contribution in [-0.2, 0) is 14.3 Å². The number of rotatable bonds is 8. The summed E-state index contributed by atoms with van der Waals surface area (Å²) >= 11 is 0. The molecule has 1 amide bonds. The van der Waals surface area contributed by atoms with Gasteiger partial charge >= 0.3 is 0 Å². The van der Waals surface area contributed by atoms with Crippen LogP contribution in [0, 0.1) is 0 Å². The lowest BCUT2D eigenvalue weighted by atomic mass is 10.2. The number of hydrogen-bond donors (Lipinski definition) is 2. The summed E-state index contributed by atoms with van der Waals surface area (Å²) in [7, 11) is 0. The largest absolute Gasteiger partial charge is 0.396 e. The van der Waals surface area contributed by atoms with Crippen molar-refractivity contribution in [2.75, 3.05) is 33.0 Å². The highest BCUT2D eigenvalue weighted by Crippen LogP contribution is 2.11. The fourth-order valence-corrected chi connectivity index (χ4v) is 1.55. The van der Waals surface area contributed by atoms with E-state index in [0.717, 1.165) is 19.4 Å². The Bertz CT molecular complexity index is 192. The van der Waals surface area contributed by atoms with Gasteiger partial charge in [-0.3, -0.25) is 4.79 Å². The molecule has 0 aliphatic carbocycles. The summed E-state index contributed by atoms with van der Waals surface area (Å²) in [5, 5.41) is 11.2. The Morgan fingerprint density at radius 1 is 1.56 bits per heavy atom. The zero-order valence-electron chi connectivity index (χ0n) is 9.61. The predicted molar refractivity (Wildman–Crippen MR) is 59.1 cm³/mol. The van der Waals surface area contributed by atoms with Gasteiger partial charge in [-0.2, -0.15) is 0 Å². The van der Waals surface area contributed by atoms with Crippen LogP contribution in [0.2, 0.25) is 0 Å². The number of hydrogen-bond acceptors (Lipinski definition) is 4. The number of ether oxygens (including phenoxy) is 2. The van der Waals surface area contributed by atoms with Crippen LogP contribution in [0.5, 0.6) is 0 Å². The topological polar surface area (TPSA) is 67.8 Å². The predicted octanol–water partition coefficient (Wildman–Crippen LogP) is 0.0707. The summed E-state index contributed by atoms with van der Waals surface area (Å²) in [5.41, 5.74) is 0. The molecular weight excluding hydrogens is 210 g/mol. The third-order valence-electron chi connectivity index (χ3n) is 2.46. The second-order valence-corrected chi connectivity index (χ2v) is 3.89. The Kier molecular flexibility index (Phi) is 7.12. The highest BCUT2D eigenvalue weighted by Gasteiger charge is 2.15. The molecular formula is C11H21NO4. The Morgan fingerprint density at radius 2 is 2.44 bits per heavy atom. The van der Waals surface area contributed by atoms with Crippen molar-refractivity contribution in [3.05, 3.63) is 0 Å². The molecule has 1 aliphatic heterocycles. The van der Waals surface area contributed by atoms with E-state index in [2.05, 4.69) is 5.32 Å². The van der Waals surface area contributed by atoms with Crippen LogP contribution in [-0.4, -0.2) is 50.1 Å². The first kappa shape index (κ1) is 13.4. The first-order valence-corrected chi connectivity index (χ1v) is 5.90. The van der Waals surface area contributed by atoms with E-state index in [4.69, 9.17) is 14.6 Å². The third-order valence-corrected chi connectivity index (χ3v) is 2.46. The van der Waals surface area contributed by atoms with Crippen molar-refractivity contribution >= 4 is 5.91 Å². The van der Waals surface area contributed by atoms with E-state index in [1.165, 1.54) is 0 Å². The normalized spacial score (nSPS) is 19.9. The van der Waals surface area contributed by atoms with Crippen LogP contribution in [0.15, 0.2) is 0 Å². The van der Waals surface area contributed by atoms with Crippen molar-refractivity contribution in [1.29, 1.82) is 0 Å². The van der Waals surface area contributed by atoms with Gasteiger partial charge in [-0.15, -0.1) is 0 Å². The SMILES string of the molecule is O=C(CCOCC1CCCO1)NCCCO. The molecule has 1 fully saturated rings. The van der Waals surface area contributed by atoms with E-state index >= 15 is 0 Å². The van der Waals surface area contributed by atoms with Gasteiger partial charge < -0.3 is 19.9 Å². The van der Waals surface area contributed by atoms with Crippen LogP contribution < -0.4 is 5.32 Å². The summed E-state index contributed by atoms with van der Waals surface area (Å²) < 4.78 is 10.7. The minimum Gasteiger partial charge on any atom is -0.396 e. The van der Waals surface area contributed by atoms with Crippen molar-refractivity contribution < 1.29 is 19.4 Å². The molecule has 0 aromatic carbocycles. The Labute approximate surface area is 96.1 Å². The zero-order chi connectivity index (χ0) is 11.6. The van der Waals surface area contributed by atoms with Crippen LogP contribution in [0.1, 0.15) is 25.7 Å². The first-order chi connectivity index (χ1) is 7.83. The van der Waals surface area contributed by atoms with Gasteiger partial charge in [0.25, 0.3) is 0 Å². The maximum absolute atomic E-state index is 11.2. The van der Waals surface area contributed by atoms with Gasteiger partial charge in [0.2, 0.25) is 5.91 Å². The summed E-state index contributed by atoms with van der Waals surface area (Å²) in [6.45, 7) is 2.49. The molecule has 0 aromatic heterocycles. The van der Waals surface area contributed by atoms with Gasteiger partial charge in [0, 0.05) is 26.2 Å².